The van der Waals surface area contributed by atoms with Gasteiger partial charge in [0.05, 0.1) is 0 Å². The molecule has 2 nitrogen and oxygen atoms in total. The van der Waals surface area contributed by atoms with Crippen molar-refractivity contribution in [3.8, 4) is 5.75 Å². The summed E-state index contributed by atoms with van der Waals surface area (Å²) in [4.78, 5) is 0. The first-order chi connectivity index (χ1) is 7.18. The molecule has 1 aromatic carbocycles. The summed E-state index contributed by atoms with van der Waals surface area (Å²) < 4.78 is 18.9. The lowest BCUT2D eigenvalue weighted by Gasteiger charge is -2.13. The minimum absolute atomic E-state index is 0.0462. The molecule has 3 heteroatoms. The molecule has 0 aromatic heterocycles. The average molecular weight is 209 g/mol. The van der Waals surface area contributed by atoms with Crippen molar-refractivity contribution >= 4 is 0 Å². The molecule has 0 spiro atoms. The maximum absolute atomic E-state index is 13.5. The molecule has 0 heterocycles. The molecule has 82 valence electrons. The van der Waals surface area contributed by atoms with Gasteiger partial charge in [-0.15, -0.1) is 0 Å². The average Bonchev–Trinajstić information content (AvgIpc) is 3.03. The van der Waals surface area contributed by atoms with E-state index in [1.54, 1.807) is 25.1 Å². The zero-order valence-corrected chi connectivity index (χ0v) is 8.87. The minimum Gasteiger partial charge on any atom is -0.489 e. The quantitative estimate of drug-likeness (QED) is 0.825. The summed E-state index contributed by atoms with van der Waals surface area (Å²) in [5.41, 5.74) is 6.47. The van der Waals surface area contributed by atoms with Crippen LogP contribution in [-0.2, 0) is 0 Å². The number of hydrogen-bond acceptors (Lipinski definition) is 2. The van der Waals surface area contributed by atoms with E-state index in [4.69, 9.17) is 10.5 Å². The lowest BCUT2D eigenvalue weighted by atomic mass is 10.2. The molecule has 1 saturated carbocycles. The fourth-order valence-electron chi connectivity index (χ4n) is 1.58. The van der Waals surface area contributed by atoms with Crippen LogP contribution in [0.4, 0.5) is 4.39 Å². The molecule has 1 fully saturated rings. The van der Waals surface area contributed by atoms with Crippen molar-refractivity contribution in [3.63, 3.8) is 0 Å². The van der Waals surface area contributed by atoms with E-state index >= 15 is 0 Å². The van der Waals surface area contributed by atoms with E-state index in [-0.39, 0.29) is 11.9 Å². The Bertz CT molecular complexity index is 349. The molecule has 0 aliphatic heterocycles. The lowest BCUT2D eigenvalue weighted by Crippen LogP contribution is -2.30. The van der Waals surface area contributed by atoms with Gasteiger partial charge in [0.15, 0.2) is 11.6 Å². The van der Waals surface area contributed by atoms with Gasteiger partial charge in [-0.2, -0.15) is 0 Å². The van der Waals surface area contributed by atoms with Crippen LogP contribution in [0.5, 0.6) is 5.75 Å². The van der Waals surface area contributed by atoms with Crippen molar-refractivity contribution < 1.29 is 9.13 Å². The van der Waals surface area contributed by atoms with Crippen LogP contribution in [0.1, 0.15) is 18.4 Å². The van der Waals surface area contributed by atoms with Gasteiger partial charge in [0, 0.05) is 6.04 Å². The molecule has 1 aromatic rings. The van der Waals surface area contributed by atoms with Crippen LogP contribution in [0.25, 0.3) is 0 Å². The highest BCUT2D eigenvalue weighted by molar-refractivity contribution is 5.30. The van der Waals surface area contributed by atoms with E-state index in [0.29, 0.717) is 23.8 Å². The Kier molecular flexibility index (Phi) is 2.91. The first-order valence-electron chi connectivity index (χ1n) is 5.32. The fraction of sp³-hybridized carbons (Fsp3) is 0.500. The highest BCUT2D eigenvalue weighted by Crippen LogP contribution is 2.32. The first kappa shape index (κ1) is 10.4. The number of rotatable bonds is 4. The Labute approximate surface area is 89.2 Å². The van der Waals surface area contributed by atoms with E-state index in [1.807, 2.05) is 0 Å². The van der Waals surface area contributed by atoms with Gasteiger partial charge >= 0.3 is 0 Å². The minimum atomic E-state index is -0.277. The first-order valence-corrected chi connectivity index (χ1v) is 5.32. The molecule has 1 atom stereocenters. The number of hydrogen-bond donors (Lipinski definition) is 1. The molecular formula is C12H16FNO. The second-order valence-electron chi connectivity index (χ2n) is 4.20. The van der Waals surface area contributed by atoms with Crippen molar-refractivity contribution in [2.45, 2.75) is 25.8 Å². The SMILES string of the molecule is Cc1cccc(OCC(N)C2CC2)c1F. The van der Waals surface area contributed by atoms with Crippen molar-refractivity contribution in [2.24, 2.45) is 11.7 Å². The van der Waals surface area contributed by atoms with Crippen LogP contribution < -0.4 is 10.5 Å². The van der Waals surface area contributed by atoms with Gasteiger partial charge < -0.3 is 10.5 Å². The Balaban J connectivity index is 1.95. The second kappa shape index (κ2) is 4.19. The van der Waals surface area contributed by atoms with E-state index in [1.165, 1.54) is 12.8 Å². The molecule has 2 rings (SSSR count). The fourth-order valence-corrected chi connectivity index (χ4v) is 1.58. The van der Waals surface area contributed by atoms with Gasteiger partial charge in [-0.1, -0.05) is 12.1 Å². The van der Waals surface area contributed by atoms with Gasteiger partial charge in [0.25, 0.3) is 0 Å². The molecule has 15 heavy (non-hydrogen) atoms. The molecule has 0 saturated heterocycles. The Morgan fingerprint density at radius 3 is 2.93 bits per heavy atom. The van der Waals surface area contributed by atoms with Gasteiger partial charge in [-0.05, 0) is 37.3 Å². The number of aryl methyl sites for hydroxylation is 1. The number of ether oxygens (including phenoxy) is 1. The highest BCUT2D eigenvalue weighted by atomic mass is 19.1. The molecule has 0 radical (unpaired) electrons. The maximum Gasteiger partial charge on any atom is 0.167 e. The van der Waals surface area contributed by atoms with Gasteiger partial charge in [0.1, 0.15) is 6.61 Å². The zero-order valence-electron chi connectivity index (χ0n) is 8.87. The van der Waals surface area contributed by atoms with Crippen molar-refractivity contribution in [3.05, 3.63) is 29.6 Å². The molecule has 1 unspecified atom stereocenters. The van der Waals surface area contributed by atoms with Crippen LogP contribution in [0.3, 0.4) is 0 Å². The summed E-state index contributed by atoms with van der Waals surface area (Å²) >= 11 is 0. The van der Waals surface area contributed by atoms with Crippen LogP contribution >= 0.6 is 0 Å². The van der Waals surface area contributed by atoms with Crippen molar-refractivity contribution in [1.29, 1.82) is 0 Å². The Morgan fingerprint density at radius 2 is 2.27 bits per heavy atom. The predicted molar refractivity (Wildman–Crippen MR) is 57.3 cm³/mol. The third-order valence-corrected chi connectivity index (χ3v) is 2.82. The van der Waals surface area contributed by atoms with E-state index < -0.39 is 0 Å². The maximum atomic E-state index is 13.5. The van der Waals surface area contributed by atoms with E-state index in [9.17, 15) is 4.39 Å². The monoisotopic (exact) mass is 209 g/mol. The lowest BCUT2D eigenvalue weighted by molar-refractivity contribution is 0.264. The summed E-state index contributed by atoms with van der Waals surface area (Å²) in [6, 6.07) is 5.20. The van der Waals surface area contributed by atoms with Crippen LogP contribution in [0.15, 0.2) is 18.2 Å². The van der Waals surface area contributed by atoms with E-state index in [0.717, 1.165) is 0 Å². The highest BCUT2D eigenvalue weighted by Gasteiger charge is 2.28. The molecule has 1 aliphatic rings. The summed E-state index contributed by atoms with van der Waals surface area (Å²) in [7, 11) is 0. The molecule has 0 bridgehead atoms. The van der Waals surface area contributed by atoms with Crippen molar-refractivity contribution in [1.82, 2.24) is 0 Å². The molecule has 1 aliphatic carbocycles. The Hall–Kier alpha value is -1.09. The van der Waals surface area contributed by atoms with Gasteiger partial charge in [0.2, 0.25) is 0 Å². The molecular weight excluding hydrogens is 193 g/mol. The number of nitrogens with two attached hydrogens (primary N) is 1. The van der Waals surface area contributed by atoms with Crippen molar-refractivity contribution in [2.75, 3.05) is 6.61 Å². The summed E-state index contributed by atoms with van der Waals surface area (Å²) in [6.07, 6.45) is 2.36. The molecule has 2 N–H and O–H groups in total. The summed E-state index contributed by atoms with van der Waals surface area (Å²) in [5, 5.41) is 0. The second-order valence-corrected chi connectivity index (χ2v) is 4.20. The predicted octanol–water partition coefficient (Wildman–Crippen LogP) is 2.25. The third kappa shape index (κ3) is 2.48. The number of benzene rings is 1. The van der Waals surface area contributed by atoms with E-state index in [2.05, 4.69) is 0 Å². The number of halogens is 1. The summed E-state index contributed by atoms with van der Waals surface area (Å²) in [5.74, 6) is 0.615. The van der Waals surface area contributed by atoms with Gasteiger partial charge in [-0.25, -0.2) is 4.39 Å². The Morgan fingerprint density at radius 1 is 1.53 bits per heavy atom. The van der Waals surface area contributed by atoms with Gasteiger partial charge in [-0.3, -0.25) is 0 Å². The normalized spacial score (nSPS) is 17.5. The van der Waals surface area contributed by atoms with Crippen LogP contribution in [0.2, 0.25) is 0 Å². The largest absolute Gasteiger partial charge is 0.489 e. The smallest absolute Gasteiger partial charge is 0.167 e. The zero-order chi connectivity index (χ0) is 10.8. The topological polar surface area (TPSA) is 35.2 Å². The standard InChI is InChI=1S/C12H16FNO/c1-8-3-2-4-11(12(8)13)15-7-10(14)9-5-6-9/h2-4,9-10H,5-7,14H2,1H3. The van der Waals surface area contributed by atoms with Crippen LogP contribution in [-0.4, -0.2) is 12.6 Å². The summed E-state index contributed by atoms with van der Waals surface area (Å²) in [6.45, 7) is 2.13. The van der Waals surface area contributed by atoms with Crippen LogP contribution in [0, 0.1) is 18.7 Å². The third-order valence-electron chi connectivity index (χ3n) is 2.82. The molecule has 0 amide bonds.